The molecule has 0 unspecified atom stereocenters. The van der Waals surface area contributed by atoms with Crippen molar-refractivity contribution in [3.8, 4) is 11.3 Å². The number of amides is 1. The van der Waals surface area contributed by atoms with Crippen LogP contribution in [0.1, 0.15) is 18.2 Å². The monoisotopic (exact) mass is 462 g/mol. The third-order valence-electron chi connectivity index (χ3n) is 4.45. The lowest BCUT2D eigenvalue weighted by molar-refractivity contribution is -0.114. The minimum Gasteiger partial charge on any atom is -0.457 e. The van der Waals surface area contributed by atoms with Crippen LogP contribution in [0.4, 0.5) is 0 Å². The number of furan rings is 1. The van der Waals surface area contributed by atoms with E-state index in [1.807, 2.05) is 19.1 Å². The van der Waals surface area contributed by atoms with E-state index in [1.54, 1.807) is 18.2 Å². The van der Waals surface area contributed by atoms with Gasteiger partial charge < -0.3 is 4.42 Å². The highest BCUT2D eigenvalue weighted by molar-refractivity contribution is 8.42. The van der Waals surface area contributed by atoms with Crippen LogP contribution in [-0.2, 0) is 14.6 Å². The number of aryl methyl sites for hydroxylation is 1. The predicted molar refractivity (Wildman–Crippen MR) is 118 cm³/mol. The predicted octanol–water partition coefficient (Wildman–Crippen LogP) is 3.92. The van der Waals surface area contributed by atoms with Crippen molar-refractivity contribution in [3.05, 3.63) is 52.3 Å². The van der Waals surface area contributed by atoms with E-state index in [-0.39, 0.29) is 26.7 Å². The van der Waals surface area contributed by atoms with E-state index in [4.69, 9.17) is 21.4 Å². The Morgan fingerprint density at radius 3 is 2.77 bits per heavy atom. The van der Waals surface area contributed by atoms with Crippen LogP contribution in [0.25, 0.3) is 17.4 Å². The maximum Gasteiger partial charge on any atom is 0.283 e. The first-order valence-corrected chi connectivity index (χ1v) is 11.6. The number of amidine groups is 2. The lowest BCUT2D eigenvalue weighted by atomic mass is 10.1. The molecule has 0 saturated carbocycles. The van der Waals surface area contributed by atoms with Crippen molar-refractivity contribution < 1.29 is 17.6 Å². The van der Waals surface area contributed by atoms with Crippen molar-refractivity contribution in [2.75, 3.05) is 5.75 Å². The van der Waals surface area contributed by atoms with Gasteiger partial charge >= 0.3 is 0 Å². The molecule has 2 aromatic rings. The molecular formula is C19H15ClN4O4S2. The molecule has 154 valence electrons. The number of hydrogen-bond donors (Lipinski definition) is 1. The molecule has 0 fully saturated rings. The Morgan fingerprint density at radius 2 is 2.07 bits per heavy atom. The van der Waals surface area contributed by atoms with Crippen molar-refractivity contribution >= 4 is 60.6 Å². The summed E-state index contributed by atoms with van der Waals surface area (Å²) in [6.45, 7) is 3.39. The molecule has 0 spiro atoms. The summed E-state index contributed by atoms with van der Waals surface area (Å²) in [6.07, 6.45) is 1.39. The van der Waals surface area contributed by atoms with Crippen LogP contribution in [0.3, 0.4) is 0 Å². The van der Waals surface area contributed by atoms with Gasteiger partial charge in [0.25, 0.3) is 5.91 Å². The van der Waals surface area contributed by atoms with Crippen molar-refractivity contribution in [2.24, 2.45) is 10.1 Å². The molecule has 0 saturated heterocycles. The van der Waals surface area contributed by atoms with E-state index in [1.165, 1.54) is 13.0 Å². The minimum atomic E-state index is -3.57. The van der Waals surface area contributed by atoms with Crippen molar-refractivity contribution in [1.82, 2.24) is 5.01 Å². The Balaban J connectivity index is 1.66. The smallest absolute Gasteiger partial charge is 0.283 e. The maximum absolute atomic E-state index is 12.4. The third-order valence-corrected chi connectivity index (χ3v) is 7.95. The molecule has 3 heterocycles. The quantitative estimate of drug-likeness (QED) is 0.691. The van der Waals surface area contributed by atoms with Gasteiger partial charge in [-0.05, 0) is 48.5 Å². The number of fused-ring (bicyclic) bond motifs is 1. The van der Waals surface area contributed by atoms with Crippen molar-refractivity contribution in [1.29, 1.82) is 5.41 Å². The fourth-order valence-electron chi connectivity index (χ4n) is 2.70. The summed E-state index contributed by atoms with van der Waals surface area (Å²) in [6, 6.07) is 8.91. The number of hydrogen-bond acceptors (Lipinski definition) is 7. The van der Waals surface area contributed by atoms with Gasteiger partial charge in [0.2, 0.25) is 19.4 Å². The molecule has 4 rings (SSSR count). The van der Waals surface area contributed by atoms with Crippen molar-refractivity contribution in [2.45, 2.75) is 13.8 Å². The van der Waals surface area contributed by atoms with E-state index in [0.29, 0.717) is 16.5 Å². The molecule has 0 atom stereocenters. The van der Waals surface area contributed by atoms with Crippen LogP contribution in [0.2, 0.25) is 5.02 Å². The molecule has 0 aliphatic carbocycles. The minimum absolute atomic E-state index is 0.0450. The van der Waals surface area contributed by atoms with E-state index in [0.717, 1.165) is 27.9 Å². The van der Waals surface area contributed by atoms with Gasteiger partial charge in [0.15, 0.2) is 5.84 Å². The zero-order valence-corrected chi connectivity index (χ0v) is 18.2. The highest BCUT2D eigenvalue weighted by atomic mass is 35.5. The second-order valence-electron chi connectivity index (χ2n) is 6.46. The third kappa shape index (κ3) is 3.62. The molecule has 0 bridgehead atoms. The first kappa shape index (κ1) is 20.6. The molecule has 1 amide bonds. The average Bonchev–Trinajstić information content (AvgIpc) is 3.35. The molecule has 0 radical (unpaired) electrons. The van der Waals surface area contributed by atoms with Gasteiger partial charge in [-0.15, -0.1) is 5.10 Å². The Labute approximate surface area is 181 Å². The van der Waals surface area contributed by atoms with Crippen molar-refractivity contribution in [3.63, 3.8) is 0 Å². The topological polar surface area (TPSA) is 116 Å². The van der Waals surface area contributed by atoms with Gasteiger partial charge in [-0.3, -0.25) is 10.2 Å². The normalized spacial score (nSPS) is 18.0. The van der Waals surface area contributed by atoms with E-state index < -0.39 is 15.7 Å². The van der Waals surface area contributed by atoms with Crippen LogP contribution >= 0.6 is 23.4 Å². The van der Waals surface area contributed by atoms with E-state index in [2.05, 4.69) is 10.1 Å². The van der Waals surface area contributed by atoms with Crippen LogP contribution in [0.5, 0.6) is 0 Å². The largest absolute Gasteiger partial charge is 0.457 e. The second-order valence-corrected chi connectivity index (χ2v) is 10.3. The Hall–Kier alpha value is -2.69. The second kappa shape index (κ2) is 7.53. The number of nitrogens with zero attached hydrogens (tertiary/aromatic N) is 3. The number of rotatable bonds is 3. The van der Waals surface area contributed by atoms with Crippen LogP contribution in [0, 0.1) is 12.3 Å². The SMILES string of the molecule is CCS(=O)(=O)C1=NN2C(=N)/C(=C\c3ccc(-c4ccc(C)c(Cl)c4)o3)C(=O)N=C2S1. The first-order valence-electron chi connectivity index (χ1n) is 8.79. The molecule has 8 nitrogen and oxygen atoms in total. The fourth-order valence-corrected chi connectivity index (χ4v) is 5.04. The van der Waals surface area contributed by atoms with Gasteiger partial charge in [-0.2, -0.15) is 10.0 Å². The zero-order valence-electron chi connectivity index (χ0n) is 15.8. The molecular weight excluding hydrogens is 448 g/mol. The first-order chi connectivity index (χ1) is 14.2. The average molecular weight is 463 g/mol. The maximum atomic E-state index is 12.4. The number of nitrogens with one attached hydrogen (secondary N) is 1. The van der Waals surface area contributed by atoms with Crippen LogP contribution in [0.15, 0.2) is 50.4 Å². The lowest BCUT2D eigenvalue weighted by Crippen LogP contribution is -2.35. The Bertz CT molecular complexity index is 1290. The number of hydrazone groups is 1. The number of aliphatic imine (C=N–C) groups is 1. The molecule has 2 aliphatic heterocycles. The Kier molecular flexibility index (Phi) is 5.16. The molecule has 2 aliphatic rings. The van der Waals surface area contributed by atoms with Gasteiger partial charge in [-0.1, -0.05) is 30.7 Å². The van der Waals surface area contributed by atoms with Gasteiger partial charge in [0.05, 0.1) is 11.3 Å². The fraction of sp³-hybridized carbons (Fsp3) is 0.158. The summed E-state index contributed by atoms with van der Waals surface area (Å²) < 4.78 is 29.7. The standard InChI is InChI=1S/C19H15ClN4O4S2/c1-3-30(26,27)19-23-24-16(21)13(17(25)22-18(24)29-19)9-12-6-7-15(28-12)11-5-4-10(2)14(20)8-11/h4-9,21H,3H2,1-2H3/b13-9+,21-16?. The number of benzene rings is 1. The number of carbonyl (C=O) groups excluding carboxylic acids is 1. The number of carbonyl (C=O) groups is 1. The Morgan fingerprint density at radius 1 is 1.30 bits per heavy atom. The molecule has 11 heteroatoms. The molecule has 1 N–H and O–H groups in total. The summed E-state index contributed by atoms with van der Waals surface area (Å²) in [5.74, 6) is -0.183. The van der Waals surface area contributed by atoms with E-state index in [9.17, 15) is 13.2 Å². The highest BCUT2D eigenvalue weighted by Gasteiger charge is 2.39. The number of thioether (sulfide) groups is 1. The number of sulfone groups is 1. The summed E-state index contributed by atoms with van der Waals surface area (Å²) in [7, 11) is -3.57. The van der Waals surface area contributed by atoms with E-state index >= 15 is 0 Å². The summed E-state index contributed by atoms with van der Waals surface area (Å²) in [5.41, 5.74) is 1.66. The molecule has 1 aromatic carbocycles. The summed E-state index contributed by atoms with van der Waals surface area (Å²) >= 11 is 6.93. The molecule has 1 aromatic heterocycles. The van der Waals surface area contributed by atoms with Gasteiger partial charge in [0, 0.05) is 10.6 Å². The van der Waals surface area contributed by atoms with Crippen LogP contribution in [-0.4, -0.2) is 40.5 Å². The zero-order chi connectivity index (χ0) is 21.6. The van der Waals surface area contributed by atoms with Gasteiger partial charge in [0.1, 0.15) is 11.5 Å². The summed E-state index contributed by atoms with van der Waals surface area (Å²) in [4.78, 5) is 16.3. The van der Waals surface area contributed by atoms with Crippen LogP contribution < -0.4 is 0 Å². The van der Waals surface area contributed by atoms with Gasteiger partial charge in [-0.25, -0.2) is 8.42 Å². The lowest BCUT2D eigenvalue weighted by Gasteiger charge is -2.19. The number of halogens is 1. The highest BCUT2D eigenvalue weighted by Crippen LogP contribution is 2.32. The molecule has 30 heavy (non-hydrogen) atoms. The summed E-state index contributed by atoms with van der Waals surface area (Å²) in [5, 5.41) is 14.0.